The Kier molecular flexibility index (Phi) is 6.31. The molecule has 2 fully saturated rings. The first-order valence-corrected chi connectivity index (χ1v) is 8.74. The second-order valence-electron chi connectivity index (χ2n) is 7.29. The van der Waals surface area contributed by atoms with E-state index < -0.39 is 0 Å². The largest absolute Gasteiger partial charge is 0.314 e. The Labute approximate surface area is 126 Å². The predicted octanol–water partition coefficient (Wildman–Crippen LogP) is 2.43. The molecule has 118 valence electrons. The number of rotatable bonds is 5. The zero-order valence-electron chi connectivity index (χ0n) is 14.1. The molecule has 20 heavy (non-hydrogen) atoms. The van der Waals surface area contributed by atoms with Crippen molar-refractivity contribution in [2.24, 2.45) is 11.8 Å². The molecule has 0 spiro atoms. The third kappa shape index (κ3) is 4.19. The third-order valence-electron chi connectivity index (χ3n) is 5.43. The molecule has 0 aromatic rings. The smallest absolute Gasteiger partial charge is 0.0254 e. The highest BCUT2D eigenvalue weighted by Gasteiger charge is 2.33. The standard InChI is InChI=1S/C17H35N3/c1-5-18-16-10-8-6-7-9-15(16)12-20-11-14(2)17(13-20)19(3)4/h14-18H,5-13H2,1-4H3. The van der Waals surface area contributed by atoms with Crippen LogP contribution in [0, 0.1) is 11.8 Å². The van der Waals surface area contributed by atoms with Gasteiger partial charge in [0.15, 0.2) is 0 Å². The van der Waals surface area contributed by atoms with Crippen LogP contribution in [0.25, 0.3) is 0 Å². The molecular formula is C17H35N3. The molecule has 1 saturated carbocycles. The first-order valence-electron chi connectivity index (χ1n) is 8.74. The van der Waals surface area contributed by atoms with Gasteiger partial charge in [0, 0.05) is 31.7 Å². The maximum absolute atomic E-state index is 3.76. The Morgan fingerprint density at radius 3 is 2.50 bits per heavy atom. The van der Waals surface area contributed by atoms with Crippen molar-refractivity contribution in [3.05, 3.63) is 0 Å². The Morgan fingerprint density at radius 1 is 1.10 bits per heavy atom. The zero-order valence-corrected chi connectivity index (χ0v) is 14.1. The SMILES string of the molecule is CCNC1CCCCCC1CN1CC(C)C(N(C)C)C1. The molecule has 2 rings (SSSR count). The average molecular weight is 281 g/mol. The molecule has 0 bridgehead atoms. The lowest BCUT2D eigenvalue weighted by Gasteiger charge is -2.30. The van der Waals surface area contributed by atoms with E-state index in [1.54, 1.807) is 0 Å². The minimum Gasteiger partial charge on any atom is -0.314 e. The first-order chi connectivity index (χ1) is 9.61. The summed E-state index contributed by atoms with van der Waals surface area (Å²) in [5.74, 6) is 1.68. The quantitative estimate of drug-likeness (QED) is 0.781. The van der Waals surface area contributed by atoms with Gasteiger partial charge in [-0.05, 0) is 45.3 Å². The summed E-state index contributed by atoms with van der Waals surface area (Å²) in [7, 11) is 4.47. The van der Waals surface area contributed by atoms with Gasteiger partial charge in [-0.25, -0.2) is 0 Å². The summed E-state index contributed by atoms with van der Waals surface area (Å²) in [4.78, 5) is 5.15. The van der Waals surface area contributed by atoms with Crippen molar-refractivity contribution >= 4 is 0 Å². The maximum atomic E-state index is 3.76. The minimum absolute atomic E-state index is 0.748. The van der Waals surface area contributed by atoms with Crippen LogP contribution >= 0.6 is 0 Å². The molecule has 0 radical (unpaired) electrons. The van der Waals surface area contributed by atoms with E-state index in [0.29, 0.717) is 0 Å². The van der Waals surface area contributed by atoms with E-state index >= 15 is 0 Å². The average Bonchev–Trinajstić information content (AvgIpc) is 2.62. The Balaban J connectivity index is 1.90. The molecule has 0 aromatic carbocycles. The first kappa shape index (κ1) is 16.3. The van der Waals surface area contributed by atoms with Gasteiger partial charge in [0.1, 0.15) is 0 Å². The third-order valence-corrected chi connectivity index (χ3v) is 5.43. The van der Waals surface area contributed by atoms with Crippen LogP contribution in [-0.4, -0.2) is 62.2 Å². The highest BCUT2D eigenvalue weighted by molar-refractivity contribution is 4.89. The number of nitrogens with one attached hydrogen (secondary N) is 1. The molecule has 2 aliphatic rings. The van der Waals surface area contributed by atoms with Crippen LogP contribution in [0.15, 0.2) is 0 Å². The van der Waals surface area contributed by atoms with E-state index in [0.717, 1.165) is 30.5 Å². The molecule has 4 unspecified atom stereocenters. The van der Waals surface area contributed by atoms with Crippen molar-refractivity contribution in [1.82, 2.24) is 15.1 Å². The van der Waals surface area contributed by atoms with Gasteiger partial charge in [-0.15, -0.1) is 0 Å². The molecular weight excluding hydrogens is 246 g/mol. The Hall–Kier alpha value is -0.120. The van der Waals surface area contributed by atoms with Gasteiger partial charge >= 0.3 is 0 Å². The lowest BCUT2D eigenvalue weighted by atomic mass is 9.94. The monoisotopic (exact) mass is 281 g/mol. The second kappa shape index (κ2) is 7.77. The van der Waals surface area contributed by atoms with Crippen molar-refractivity contribution in [3.63, 3.8) is 0 Å². The van der Waals surface area contributed by atoms with Crippen LogP contribution < -0.4 is 5.32 Å². The number of likely N-dealkylation sites (N-methyl/N-ethyl adjacent to an activating group) is 1. The van der Waals surface area contributed by atoms with Gasteiger partial charge in [0.25, 0.3) is 0 Å². The van der Waals surface area contributed by atoms with E-state index in [1.807, 2.05) is 0 Å². The fraction of sp³-hybridized carbons (Fsp3) is 1.00. The summed E-state index contributed by atoms with van der Waals surface area (Å²) in [6.45, 7) is 9.66. The Bertz CT molecular complexity index is 279. The zero-order chi connectivity index (χ0) is 14.5. The molecule has 1 aliphatic heterocycles. The molecule has 1 N–H and O–H groups in total. The topological polar surface area (TPSA) is 18.5 Å². The van der Waals surface area contributed by atoms with Gasteiger partial charge in [-0.3, -0.25) is 0 Å². The van der Waals surface area contributed by atoms with Crippen LogP contribution in [-0.2, 0) is 0 Å². The maximum Gasteiger partial charge on any atom is 0.0254 e. The van der Waals surface area contributed by atoms with Crippen molar-refractivity contribution in [3.8, 4) is 0 Å². The fourth-order valence-electron chi connectivity index (χ4n) is 4.33. The lowest BCUT2D eigenvalue weighted by Crippen LogP contribution is -2.42. The van der Waals surface area contributed by atoms with E-state index in [9.17, 15) is 0 Å². The van der Waals surface area contributed by atoms with Crippen molar-refractivity contribution in [1.29, 1.82) is 0 Å². The predicted molar refractivity (Wildman–Crippen MR) is 87.1 cm³/mol. The van der Waals surface area contributed by atoms with Crippen molar-refractivity contribution < 1.29 is 0 Å². The van der Waals surface area contributed by atoms with E-state index in [1.165, 1.54) is 51.7 Å². The van der Waals surface area contributed by atoms with Crippen LogP contribution in [0.4, 0.5) is 0 Å². The van der Waals surface area contributed by atoms with E-state index in [2.05, 4.69) is 43.1 Å². The number of nitrogens with zero attached hydrogens (tertiary/aromatic N) is 2. The van der Waals surface area contributed by atoms with Crippen LogP contribution in [0.2, 0.25) is 0 Å². The van der Waals surface area contributed by atoms with E-state index in [4.69, 9.17) is 0 Å². The molecule has 1 aliphatic carbocycles. The molecule has 0 amide bonds. The minimum atomic E-state index is 0.748. The van der Waals surface area contributed by atoms with E-state index in [-0.39, 0.29) is 0 Å². The summed E-state index contributed by atoms with van der Waals surface area (Å²) in [5.41, 5.74) is 0. The lowest BCUT2D eigenvalue weighted by molar-refractivity contribution is 0.208. The van der Waals surface area contributed by atoms with Crippen molar-refractivity contribution in [2.75, 3.05) is 40.3 Å². The van der Waals surface area contributed by atoms with Crippen LogP contribution in [0.5, 0.6) is 0 Å². The van der Waals surface area contributed by atoms with Crippen molar-refractivity contribution in [2.45, 2.75) is 58.0 Å². The highest BCUT2D eigenvalue weighted by Crippen LogP contribution is 2.27. The van der Waals surface area contributed by atoms with Gasteiger partial charge < -0.3 is 15.1 Å². The van der Waals surface area contributed by atoms with Gasteiger partial charge in [-0.2, -0.15) is 0 Å². The molecule has 3 heteroatoms. The normalized spacial score (nSPS) is 36.5. The highest BCUT2D eigenvalue weighted by atomic mass is 15.2. The van der Waals surface area contributed by atoms with Gasteiger partial charge in [0.05, 0.1) is 0 Å². The molecule has 1 saturated heterocycles. The Morgan fingerprint density at radius 2 is 1.85 bits per heavy atom. The fourth-order valence-corrected chi connectivity index (χ4v) is 4.33. The summed E-state index contributed by atoms with van der Waals surface area (Å²) < 4.78 is 0. The summed E-state index contributed by atoms with van der Waals surface area (Å²) in [6.07, 6.45) is 7.11. The van der Waals surface area contributed by atoms with Crippen LogP contribution in [0.1, 0.15) is 46.0 Å². The summed E-state index contributed by atoms with van der Waals surface area (Å²) in [5, 5.41) is 3.76. The van der Waals surface area contributed by atoms with Gasteiger partial charge in [0.2, 0.25) is 0 Å². The number of hydrogen-bond acceptors (Lipinski definition) is 3. The number of hydrogen-bond donors (Lipinski definition) is 1. The molecule has 3 nitrogen and oxygen atoms in total. The molecule has 0 aromatic heterocycles. The molecule has 4 atom stereocenters. The summed E-state index contributed by atoms with van der Waals surface area (Å²) >= 11 is 0. The number of likely N-dealkylation sites (tertiary alicyclic amines) is 1. The van der Waals surface area contributed by atoms with Crippen LogP contribution in [0.3, 0.4) is 0 Å². The summed E-state index contributed by atoms with van der Waals surface area (Å²) in [6, 6.07) is 1.51. The second-order valence-corrected chi connectivity index (χ2v) is 7.29. The molecule has 1 heterocycles. The van der Waals surface area contributed by atoms with Gasteiger partial charge in [-0.1, -0.05) is 33.1 Å².